The molecule has 0 unspecified atom stereocenters. The van der Waals surface area contributed by atoms with E-state index in [1.807, 2.05) is 13.8 Å². The third-order valence-electron chi connectivity index (χ3n) is 2.93. The Morgan fingerprint density at radius 1 is 1.25 bits per heavy atom. The minimum atomic E-state index is -3.42. The lowest BCUT2D eigenvalue weighted by Gasteiger charge is -2.11. The van der Waals surface area contributed by atoms with Crippen LogP contribution in [0.5, 0.6) is 0 Å². The zero-order valence-electron chi connectivity index (χ0n) is 12.2. The molecule has 0 spiro atoms. The van der Waals surface area contributed by atoms with Crippen LogP contribution in [0.2, 0.25) is 0 Å². The van der Waals surface area contributed by atoms with Gasteiger partial charge in [0.2, 0.25) is 10.0 Å². The number of halogens is 1. The Bertz CT molecular complexity index is 530. The molecule has 0 amide bonds. The van der Waals surface area contributed by atoms with Crippen molar-refractivity contribution in [2.45, 2.75) is 39.7 Å². The molecule has 0 heterocycles. The van der Waals surface area contributed by atoms with Gasteiger partial charge in [-0.15, -0.1) is 0 Å². The van der Waals surface area contributed by atoms with Crippen LogP contribution >= 0.6 is 0 Å². The summed E-state index contributed by atoms with van der Waals surface area (Å²) in [6, 6.07) is 4.77. The Hall–Kier alpha value is -1.14. The number of hydrogen-bond acceptors (Lipinski definition) is 3. The van der Waals surface area contributed by atoms with Gasteiger partial charge >= 0.3 is 0 Å². The first kappa shape index (κ1) is 16.9. The first-order valence-electron chi connectivity index (χ1n) is 6.81. The molecule has 0 saturated carbocycles. The molecule has 4 nitrogen and oxygen atoms in total. The predicted molar refractivity (Wildman–Crippen MR) is 80.9 cm³/mol. The van der Waals surface area contributed by atoms with Crippen molar-refractivity contribution in [2.24, 2.45) is 0 Å². The fourth-order valence-electron chi connectivity index (χ4n) is 1.74. The molecule has 114 valence electrons. The van der Waals surface area contributed by atoms with E-state index >= 15 is 0 Å². The normalized spacial score (nSPS) is 11.8. The second kappa shape index (κ2) is 7.59. The molecule has 0 fully saturated rings. The van der Waals surface area contributed by atoms with Crippen molar-refractivity contribution in [2.75, 3.05) is 17.0 Å². The predicted octanol–water partition coefficient (Wildman–Crippen LogP) is 2.65. The second-order valence-corrected chi connectivity index (χ2v) is 6.99. The maximum absolute atomic E-state index is 13.3. The monoisotopic (exact) mass is 302 g/mol. The average molecular weight is 302 g/mol. The van der Waals surface area contributed by atoms with E-state index in [0.29, 0.717) is 23.7 Å². The van der Waals surface area contributed by atoms with Gasteiger partial charge in [0.05, 0.1) is 11.4 Å². The summed E-state index contributed by atoms with van der Waals surface area (Å²) in [7, 11) is -3.42. The number of unbranched alkanes of at least 4 members (excludes halogenated alkanes) is 1. The van der Waals surface area contributed by atoms with E-state index in [1.165, 1.54) is 12.1 Å². The van der Waals surface area contributed by atoms with Crippen LogP contribution in [-0.4, -0.2) is 26.8 Å². The summed E-state index contributed by atoms with van der Waals surface area (Å²) in [5, 5.41) is 3.23. The summed E-state index contributed by atoms with van der Waals surface area (Å²) in [5.41, 5.74) is 0.628. The quantitative estimate of drug-likeness (QED) is 0.726. The van der Waals surface area contributed by atoms with Crippen molar-refractivity contribution in [3.8, 4) is 0 Å². The van der Waals surface area contributed by atoms with E-state index in [-0.39, 0.29) is 5.75 Å². The van der Waals surface area contributed by atoms with Gasteiger partial charge in [-0.3, -0.25) is 4.72 Å². The van der Waals surface area contributed by atoms with E-state index in [9.17, 15) is 12.8 Å². The molecule has 0 atom stereocenters. The topological polar surface area (TPSA) is 58.2 Å². The van der Waals surface area contributed by atoms with Crippen molar-refractivity contribution >= 4 is 15.7 Å². The summed E-state index contributed by atoms with van der Waals surface area (Å²) in [6.07, 6.45) is 1.37. The van der Waals surface area contributed by atoms with Gasteiger partial charge in [0.1, 0.15) is 5.82 Å². The molecule has 0 aliphatic rings. The molecular weight excluding hydrogens is 279 g/mol. The molecule has 0 bridgehead atoms. The highest BCUT2D eigenvalue weighted by Crippen LogP contribution is 2.18. The number of hydrogen-bond donors (Lipinski definition) is 2. The van der Waals surface area contributed by atoms with Crippen LogP contribution in [-0.2, 0) is 10.0 Å². The summed E-state index contributed by atoms with van der Waals surface area (Å²) in [4.78, 5) is 0. The smallest absolute Gasteiger partial charge is 0.232 e. The lowest BCUT2D eigenvalue weighted by Crippen LogP contribution is -2.24. The molecular formula is C14H23FN2O2S. The standard InChI is InChI=1S/C14H23FN2O2S/c1-11(2)16-9-4-5-10-20(18,19)17-14-8-6-7-13(15)12(14)3/h6-8,11,16-17H,4-5,9-10H2,1-3H3. The number of anilines is 1. The van der Waals surface area contributed by atoms with Crippen LogP contribution in [0.15, 0.2) is 18.2 Å². The molecule has 0 aromatic heterocycles. The van der Waals surface area contributed by atoms with Crippen LogP contribution in [0.25, 0.3) is 0 Å². The fourth-order valence-corrected chi connectivity index (χ4v) is 2.99. The SMILES string of the molecule is Cc1c(F)cccc1NS(=O)(=O)CCCCNC(C)C. The number of benzene rings is 1. The van der Waals surface area contributed by atoms with E-state index in [4.69, 9.17) is 0 Å². The Morgan fingerprint density at radius 3 is 2.60 bits per heavy atom. The number of nitrogens with one attached hydrogen (secondary N) is 2. The first-order valence-corrected chi connectivity index (χ1v) is 8.46. The lowest BCUT2D eigenvalue weighted by molar-refractivity contribution is 0.561. The van der Waals surface area contributed by atoms with E-state index in [0.717, 1.165) is 13.0 Å². The van der Waals surface area contributed by atoms with Gasteiger partial charge in [0.15, 0.2) is 0 Å². The molecule has 0 radical (unpaired) electrons. The third kappa shape index (κ3) is 5.88. The Balaban J connectivity index is 2.47. The Morgan fingerprint density at radius 2 is 1.95 bits per heavy atom. The van der Waals surface area contributed by atoms with Crippen LogP contribution in [0.3, 0.4) is 0 Å². The molecule has 1 aromatic rings. The molecule has 0 saturated heterocycles. The van der Waals surface area contributed by atoms with Gasteiger partial charge < -0.3 is 5.32 Å². The van der Waals surface area contributed by atoms with Gasteiger partial charge in [-0.1, -0.05) is 19.9 Å². The molecule has 6 heteroatoms. The van der Waals surface area contributed by atoms with Crippen LogP contribution < -0.4 is 10.0 Å². The average Bonchev–Trinajstić information content (AvgIpc) is 2.34. The van der Waals surface area contributed by atoms with Crippen molar-refractivity contribution in [3.63, 3.8) is 0 Å². The van der Waals surface area contributed by atoms with Gasteiger partial charge in [0.25, 0.3) is 0 Å². The van der Waals surface area contributed by atoms with Gasteiger partial charge in [-0.2, -0.15) is 0 Å². The van der Waals surface area contributed by atoms with Crippen LogP contribution in [0.4, 0.5) is 10.1 Å². The zero-order valence-corrected chi connectivity index (χ0v) is 13.1. The van der Waals surface area contributed by atoms with Crippen LogP contribution in [0.1, 0.15) is 32.3 Å². The molecule has 2 N–H and O–H groups in total. The lowest BCUT2D eigenvalue weighted by atomic mass is 10.2. The minimum Gasteiger partial charge on any atom is -0.315 e. The minimum absolute atomic E-state index is 0.0444. The van der Waals surface area contributed by atoms with E-state index in [1.54, 1.807) is 13.0 Å². The van der Waals surface area contributed by atoms with Gasteiger partial charge in [0, 0.05) is 11.6 Å². The maximum Gasteiger partial charge on any atom is 0.232 e. The second-order valence-electron chi connectivity index (χ2n) is 5.15. The Labute approximate surface area is 120 Å². The fraction of sp³-hybridized carbons (Fsp3) is 0.571. The highest BCUT2D eigenvalue weighted by atomic mass is 32.2. The van der Waals surface area contributed by atoms with E-state index in [2.05, 4.69) is 10.0 Å². The highest BCUT2D eigenvalue weighted by molar-refractivity contribution is 7.92. The molecule has 20 heavy (non-hydrogen) atoms. The number of rotatable bonds is 8. The third-order valence-corrected chi connectivity index (χ3v) is 4.28. The molecule has 1 aromatic carbocycles. The van der Waals surface area contributed by atoms with Crippen molar-refractivity contribution in [1.82, 2.24) is 5.32 Å². The number of sulfonamides is 1. The maximum atomic E-state index is 13.3. The molecule has 0 aliphatic heterocycles. The van der Waals surface area contributed by atoms with Gasteiger partial charge in [-0.05, 0) is 38.4 Å². The summed E-state index contributed by atoms with van der Waals surface area (Å²) in [5.74, 6) is -0.366. The first-order chi connectivity index (χ1) is 9.32. The van der Waals surface area contributed by atoms with Crippen LogP contribution in [0, 0.1) is 12.7 Å². The van der Waals surface area contributed by atoms with Gasteiger partial charge in [-0.25, -0.2) is 12.8 Å². The molecule has 1 rings (SSSR count). The largest absolute Gasteiger partial charge is 0.315 e. The Kier molecular flexibility index (Phi) is 6.42. The summed E-state index contributed by atoms with van der Waals surface area (Å²) in [6.45, 7) is 6.45. The summed E-state index contributed by atoms with van der Waals surface area (Å²) >= 11 is 0. The van der Waals surface area contributed by atoms with E-state index < -0.39 is 15.8 Å². The van der Waals surface area contributed by atoms with Crippen molar-refractivity contribution in [3.05, 3.63) is 29.6 Å². The van der Waals surface area contributed by atoms with Crippen molar-refractivity contribution in [1.29, 1.82) is 0 Å². The zero-order chi connectivity index (χ0) is 15.2. The summed E-state index contributed by atoms with van der Waals surface area (Å²) < 4.78 is 39.6. The highest BCUT2D eigenvalue weighted by Gasteiger charge is 2.12. The van der Waals surface area contributed by atoms with Crippen molar-refractivity contribution < 1.29 is 12.8 Å². The molecule has 0 aliphatic carbocycles.